The maximum atomic E-state index is 4.91. The van der Waals surface area contributed by atoms with Crippen molar-refractivity contribution in [2.24, 2.45) is 0 Å². The predicted molar refractivity (Wildman–Crippen MR) is 82.1 cm³/mol. The SMILES string of the molecule is CCc1cc2nc3c(c(NC)c2cc1CC)CCC3. The average molecular weight is 254 g/mol. The zero-order valence-electron chi connectivity index (χ0n) is 12.1. The van der Waals surface area contributed by atoms with Crippen LogP contribution in [-0.2, 0) is 25.7 Å². The fourth-order valence-electron chi connectivity index (χ4n) is 3.34. The van der Waals surface area contributed by atoms with Crippen molar-refractivity contribution in [2.45, 2.75) is 46.0 Å². The van der Waals surface area contributed by atoms with Crippen LogP contribution in [0, 0.1) is 0 Å². The van der Waals surface area contributed by atoms with Gasteiger partial charge < -0.3 is 5.32 Å². The van der Waals surface area contributed by atoms with E-state index in [0.29, 0.717) is 0 Å². The Morgan fingerprint density at radius 1 is 1.11 bits per heavy atom. The Kier molecular flexibility index (Phi) is 3.17. The molecule has 0 radical (unpaired) electrons. The molecule has 19 heavy (non-hydrogen) atoms. The second-order valence-corrected chi connectivity index (χ2v) is 5.36. The molecule has 0 aliphatic heterocycles. The van der Waals surface area contributed by atoms with E-state index in [0.717, 1.165) is 19.3 Å². The van der Waals surface area contributed by atoms with Crippen LogP contribution in [0.25, 0.3) is 10.9 Å². The molecule has 2 nitrogen and oxygen atoms in total. The topological polar surface area (TPSA) is 24.9 Å². The van der Waals surface area contributed by atoms with Gasteiger partial charge in [-0.15, -0.1) is 0 Å². The number of hydrogen-bond acceptors (Lipinski definition) is 2. The maximum Gasteiger partial charge on any atom is 0.0729 e. The van der Waals surface area contributed by atoms with Crippen molar-refractivity contribution in [3.05, 3.63) is 34.5 Å². The first-order valence-corrected chi connectivity index (χ1v) is 7.43. The highest BCUT2D eigenvalue weighted by Crippen LogP contribution is 2.35. The lowest BCUT2D eigenvalue weighted by Gasteiger charge is -2.15. The maximum absolute atomic E-state index is 4.91. The Labute approximate surface area is 115 Å². The number of nitrogens with zero attached hydrogens (tertiary/aromatic N) is 1. The van der Waals surface area contributed by atoms with Gasteiger partial charge in [-0.3, -0.25) is 4.98 Å². The van der Waals surface area contributed by atoms with Crippen LogP contribution in [-0.4, -0.2) is 12.0 Å². The van der Waals surface area contributed by atoms with Crippen LogP contribution < -0.4 is 5.32 Å². The summed E-state index contributed by atoms with van der Waals surface area (Å²) in [6.45, 7) is 4.47. The molecule has 0 unspecified atom stereocenters. The number of benzene rings is 1. The van der Waals surface area contributed by atoms with Crippen molar-refractivity contribution in [2.75, 3.05) is 12.4 Å². The van der Waals surface area contributed by atoms with Crippen molar-refractivity contribution >= 4 is 16.6 Å². The van der Waals surface area contributed by atoms with E-state index in [4.69, 9.17) is 4.98 Å². The van der Waals surface area contributed by atoms with Gasteiger partial charge in [0.15, 0.2) is 0 Å². The molecule has 3 rings (SSSR count). The first-order valence-electron chi connectivity index (χ1n) is 7.43. The van der Waals surface area contributed by atoms with Gasteiger partial charge in [-0.25, -0.2) is 0 Å². The highest BCUT2D eigenvalue weighted by atomic mass is 14.9. The summed E-state index contributed by atoms with van der Waals surface area (Å²) < 4.78 is 0. The Morgan fingerprint density at radius 3 is 2.53 bits per heavy atom. The van der Waals surface area contributed by atoms with Crippen molar-refractivity contribution in [3.8, 4) is 0 Å². The van der Waals surface area contributed by atoms with E-state index in [1.165, 1.54) is 51.8 Å². The van der Waals surface area contributed by atoms with Gasteiger partial charge in [-0.1, -0.05) is 13.8 Å². The van der Waals surface area contributed by atoms with Crippen LogP contribution >= 0.6 is 0 Å². The number of fused-ring (bicyclic) bond motifs is 2. The molecule has 2 aromatic rings. The first-order chi connectivity index (χ1) is 9.28. The second kappa shape index (κ2) is 4.84. The molecule has 0 spiro atoms. The van der Waals surface area contributed by atoms with Crippen LogP contribution in [0.3, 0.4) is 0 Å². The number of anilines is 1. The summed E-state index contributed by atoms with van der Waals surface area (Å²) in [5.41, 5.74) is 8.15. The molecule has 1 aliphatic carbocycles. The van der Waals surface area contributed by atoms with Crippen molar-refractivity contribution in [1.82, 2.24) is 4.98 Å². The van der Waals surface area contributed by atoms with Gasteiger partial charge in [0, 0.05) is 23.8 Å². The van der Waals surface area contributed by atoms with Gasteiger partial charge in [-0.05, 0) is 60.9 Å². The number of aromatic nitrogens is 1. The van der Waals surface area contributed by atoms with E-state index in [1.807, 2.05) is 7.05 Å². The number of pyridine rings is 1. The summed E-state index contributed by atoms with van der Waals surface area (Å²) in [5.74, 6) is 0. The summed E-state index contributed by atoms with van der Waals surface area (Å²) in [4.78, 5) is 4.91. The minimum Gasteiger partial charge on any atom is -0.387 e. The van der Waals surface area contributed by atoms with Crippen molar-refractivity contribution in [3.63, 3.8) is 0 Å². The zero-order chi connectivity index (χ0) is 13.4. The summed E-state index contributed by atoms with van der Waals surface area (Å²) >= 11 is 0. The molecule has 0 atom stereocenters. The molecule has 1 N–H and O–H groups in total. The number of rotatable bonds is 3. The molecule has 0 amide bonds. The highest BCUT2D eigenvalue weighted by Gasteiger charge is 2.19. The smallest absolute Gasteiger partial charge is 0.0729 e. The van der Waals surface area contributed by atoms with Crippen LogP contribution in [0.1, 0.15) is 42.7 Å². The standard InChI is InChI=1S/C17H22N2/c1-4-11-9-14-16(10-12(11)5-2)19-15-8-6-7-13(15)17(14)18-3/h9-10H,4-8H2,1-3H3,(H,18,19). The molecular formula is C17H22N2. The fraction of sp³-hybridized carbons (Fsp3) is 0.471. The molecule has 2 heteroatoms. The molecule has 1 heterocycles. The molecule has 0 saturated heterocycles. The predicted octanol–water partition coefficient (Wildman–Crippen LogP) is 3.89. The second-order valence-electron chi connectivity index (χ2n) is 5.36. The van der Waals surface area contributed by atoms with Crippen LogP contribution in [0.2, 0.25) is 0 Å². The Hall–Kier alpha value is -1.57. The van der Waals surface area contributed by atoms with E-state index in [2.05, 4.69) is 31.3 Å². The van der Waals surface area contributed by atoms with Gasteiger partial charge in [-0.2, -0.15) is 0 Å². The quantitative estimate of drug-likeness (QED) is 0.899. The van der Waals surface area contributed by atoms with Crippen molar-refractivity contribution < 1.29 is 0 Å². The number of hydrogen-bond donors (Lipinski definition) is 1. The van der Waals surface area contributed by atoms with Gasteiger partial charge in [0.2, 0.25) is 0 Å². The molecule has 1 aliphatic rings. The average Bonchev–Trinajstić information content (AvgIpc) is 2.90. The third-order valence-electron chi connectivity index (χ3n) is 4.34. The Balaban J connectivity index is 2.34. The van der Waals surface area contributed by atoms with E-state index in [9.17, 15) is 0 Å². The van der Waals surface area contributed by atoms with E-state index >= 15 is 0 Å². The molecule has 100 valence electrons. The lowest BCUT2D eigenvalue weighted by Crippen LogP contribution is -2.01. The minimum absolute atomic E-state index is 1.09. The number of aryl methyl sites for hydroxylation is 3. The summed E-state index contributed by atoms with van der Waals surface area (Å²) in [7, 11) is 2.03. The van der Waals surface area contributed by atoms with Gasteiger partial charge in [0.05, 0.1) is 5.52 Å². The first kappa shape index (κ1) is 12.5. The Bertz CT molecular complexity index is 629. The monoisotopic (exact) mass is 254 g/mol. The van der Waals surface area contributed by atoms with Gasteiger partial charge >= 0.3 is 0 Å². The normalized spacial score (nSPS) is 13.8. The van der Waals surface area contributed by atoms with E-state index in [-0.39, 0.29) is 0 Å². The summed E-state index contributed by atoms with van der Waals surface area (Å²) in [5, 5.41) is 4.72. The fourth-order valence-corrected chi connectivity index (χ4v) is 3.34. The molecule has 1 aromatic carbocycles. The number of nitrogens with one attached hydrogen (secondary N) is 1. The van der Waals surface area contributed by atoms with Crippen molar-refractivity contribution in [1.29, 1.82) is 0 Å². The minimum atomic E-state index is 1.09. The molecule has 1 aromatic heterocycles. The third-order valence-corrected chi connectivity index (χ3v) is 4.34. The molecule has 0 fully saturated rings. The largest absolute Gasteiger partial charge is 0.387 e. The van der Waals surface area contributed by atoms with E-state index in [1.54, 1.807) is 0 Å². The highest BCUT2D eigenvalue weighted by molar-refractivity contribution is 5.94. The summed E-state index contributed by atoms with van der Waals surface area (Å²) in [6.07, 6.45) is 5.74. The van der Waals surface area contributed by atoms with Crippen LogP contribution in [0.5, 0.6) is 0 Å². The lowest BCUT2D eigenvalue weighted by molar-refractivity contribution is 0.901. The zero-order valence-corrected chi connectivity index (χ0v) is 12.1. The molecule has 0 saturated carbocycles. The molecular weight excluding hydrogens is 232 g/mol. The summed E-state index contributed by atoms with van der Waals surface area (Å²) in [6, 6.07) is 4.65. The van der Waals surface area contributed by atoms with Crippen LogP contribution in [0.15, 0.2) is 12.1 Å². The van der Waals surface area contributed by atoms with Crippen LogP contribution in [0.4, 0.5) is 5.69 Å². The third kappa shape index (κ3) is 1.90. The molecule has 0 bridgehead atoms. The van der Waals surface area contributed by atoms with Gasteiger partial charge in [0.25, 0.3) is 0 Å². The lowest BCUT2D eigenvalue weighted by atomic mass is 9.97. The van der Waals surface area contributed by atoms with E-state index < -0.39 is 0 Å². The van der Waals surface area contributed by atoms with Gasteiger partial charge in [0.1, 0.15) is 0 Å². The Morgan fingerprint density at radius 2 is 1.84 bits per heavy atom.